The van der Waals surface area contributed by atoms with Crippen LogP contribution in [0.4, 0.5) is 0 Å². The van der Waals surface area contributed by atoms with Gasteiger partial charge >= 0.3 is 0 Å². The first-order valence-electron chi connectivity index (χ1n) is 6.25. The second-order valence-corrected chi connectivity index (χ2v) is 6.64. The van der Waals surface area contributed by atoms with Crippen molar-refractivity contribution in [3.05, 3.63) is 28.3 Å². The molecule has 0 spiro atoms. The topological polar surface area (TPSA) is 89.7 Å². The van der Waals surface area contributed by atoms with E-state index >= 15 is 0 Å². The fourth-order valence-corrected chi connectivity index (χ4v) is 2.94. The van der Waals surface area contributed by atoms with E-state index in [0.717, 1.165) is 0 Å². The number of sulfonamides is 1. The Morgan fingerprint density at radius 2 is 2.05 bits per heavy atom. The third kappa shape index (κ3) is 4.67. The van der Waals surface area contributed by atoms with Gasteiger partial charge in [-0.1, -0.05) is 11.6 Å². The van der Waals surface area contributed by atoms with Crippen LogP contribution in [0.3, 0.4) is 0 Å². The molecule has 2 N–H and O–H groups in total. The highest BCUT2D eigenvalue weighted by atomic mass is 35.5. The molecule has 118 valence electrons. The molecule has 21 heavy (non-hydrogen) atoms. The smallest absolute Gasteiger partial charge is 0.253 e. The molecule has 1 rings (SSSR count). The van der Waals surface area contributed by atoms with Gasteiger partial charge in [0.2, 0.25) is 10.0 Å². The Kier molecular flexibility index (Phi) is 6.15. The molecule has 0 unspecified atom stereocenters. The van der Waals surface area contributed by atoms with E-state index in [9.17, 15) is 13.2 Å². The van der Waals surface area contributed by atoms with Gasteiger partial charge in [0.25, 0.3) is 5.91 Å². The zero-order valence-corrected chi connectivity index (χ0v) is 13.8. The monoisotopic (exact) mass is 334 g/mol. The van der Waals surface area contributed by atoms with Gasteiger partial charge < -0.3 is 9.64 Å². The molecular weight excluding hydrogens is 316 g/mol. The molecule has 1 aromatic carbocycles. The Balaban J connectivity index is 3.09. The fraction of sp³-hybridized carbons (Fsp3) is 0.462. The third-order valence-corrected chi connectivity index (χ3v) is 4.47. The predicted octanol–water partition coefficient (Wildman–Crippen LogP) is 1.40. The van der Waals surface area contributed by atoms with Gasteiger partial charge in [-0.15, -0.1) is 0 Å². The number of nitrogens with zero attached hydrogens (tertiary/aromatic N) is 1. The van der Waals surface area contributed by atoms with Crippen LogP contribution in [0.15, 0.2) is 17.0 Å². The number of methoxy groups -OCH3 is 1. The first-order chi connectivity index (χ1) is 9.68. The van der Waals surface area contributed by atoms with Crippen molar-refractivity contribution in [2.45, 2.75) is 18.2 Å². The molecule has 8 heteroatoms. The maximum Gasteiger partial charge on any atom is 0.253 e. The van der Waals surface area contributed by atoms with Crippen molar-refractivity contribution in [1.29, 1.82) is 0 Å². The number of halogens is 1. The predicted molar refractivity (Wildman–Crippen MR) is 81.0 cm³/mol. The van der Waals surface area contributed by atoms with E-state index in [-0.39, 0.29) is 21.4 Å². The summed E-state index contributed by atoms with van der Waals surface area (Å²) in [7, 11) is -0.723. The first-order valence-corrected chi connectivity index (χ1v) is 8.18. The molecule has 0 aliphatic heterocycles. The van der Waals surface area contributed by atoms with Crippen LogP contribution < -0.4 is 5.14 Å². The van der Waals surface area contributed by atoms with Gasteiger partial charge in [-0.05, 0) is 31.0 Å². The van der Waals surface area contributed by atoms with E-state index in [1.807, 2.05) is 0 Å². The molecule has 0 aliphatic rings. The van der Waals surface area contributed by atoms with Crippen molar-refractivity contribution in [3.8, 4) is 0 Å². The summed E-state index contributed by atoms with van der Waals surface area (Å²) in [4.78, 5) is 13.6. The number of rotatable bonds is 6. The number of carbonyl (C=O) groups excluding carboxylic acids is 1. The highest BCUT2D eigenvalue weighted by Crippen LogP contribution is 2.25. The van der Waals surface area contributed by atoms with Crippen LogP contribution in [0.5, 0.6) is 0 Å². The Labute approximate surface area is 129 Å². The largest absolute Gasteiger partial charge is 0.385 e. The number of nitrogens with two attached hydrogens (primary N) is 1. The fourth-order valence-electron chi connectivity index (χ4n) is 1.84. The number of hydrogen-bond acceptors (Lipinski definition) is 4. The lowest BCUT2D eigenvalue weighted by Gasteiger charge is -2.18. The van der Waals surface area contributed by atoms with Crippen molar-refractivity contribution >= 4 is 27.5 Å². The molecule has 0 aromatic heterocycles. The van der Waals surface area contributed by atoms with E-state index in [1.165, 1.54) is 17.0 Å². The van der Waals surface area contributed by atoms with Gasteiger partial charge in [0.05, 0.1) is 4.90 Å². The summed E-state index contributed by atoms with van der Waals surface area (Å²) in [6.07, 6.45) is 0.681. The molecule has 6 nitrogen and oxygen atoms in total. The number of carbonyl (C=O) groups is 1. The first kappa shape index (κ1) is 17.9. The van der Waals surface area contributed by atoms with Crippen LogP contribution in [-0.4, -0.2) is 46.5 Å². The van der Waals surface area contributed by atoms with Crippen molar-refractivity contribution < 1.29 is 17.9 Å². The van der Waals surface area contributed by atoms with Crippen LogP contribution in [0.25, 0.3) is 0 Å². The molecule has 0 fully saturated rings. The number of ether oxygens (including phenoxy) is 1. The average molecular weight is 335 g/mol. The van der Waals surface area contributed by atoms with E-state index in [2.05, 4.69) is 0 Å². The molecule has 0 aliphatic carbocycles. The number of hydrogen-bond donors (Lipinski definition) is 1. The molecule has 0 heterocycles. The summed E-state index contributed by atoms with van der Waals surface area (Å²) in [6, 6.07) is 2.70. The lowest BCUT2D eigenvalue weighted by atomic mass is 10.1. The minimum absolute atomic E-state index is 0.136. The summed E-state index contributed by atoms with van der Waals surface area (Å²) in [5, 5.41) is 5.33. The summed E-state index contributed by atoms with van der Waals surface area (Å²) in [6.45, 7) is 2.57. The van der Waals surface area contributed by atoms with Crippen LogP contribution in [0, 0.1) is 6.92 Å². The Bertz CT molecular complexity index is 631. The quantitative estimate of drug-likeness (QED) is 0.796. The Hall–Kier alpha value is -1.15. The van der Waals surface area contributed by atoms with Gasteiger partial charge in [0.15, 0.2) is 0 Å². The van der Waals surface area contributed by atoms with E-state index in [1.54, 1.807) is 21.1 Å². The zero-order chi connectivity index (χ0) is 16.2. The maximum absolute atomic E-state index is 12.3. The molecule has 1 aromatic rings. The second-order valence-electron chi connectivity index (χ2n) is 4.70. The second kappa shape index (κ2) is 7.22. The van der Waals surface area contributed by atoms with Gasteiger partial charge in [-0.2, -0.15) is 0 Å². The zero-order valence-electron chi connectivity index (χ0n) is 12.2. The molecule has 1 amide bonds. The Morgan fingerprint density at radius 1 is 1.43 bits per heavy atom. The molecule has 0 atom stereocenters. The summed E-state index contributed by atoms with van der Waals surface area (Å²) in [5.74, 6) is -0.321. The molecule has 0 bridgehead atoms. The molecule has 0 radical (unpaired) electrons. The maximum atomic E-state index is 12.3. The van der Waals surface area contributed by atoms with Gasteiger partial charge in [-0.25, -0.2) is 13.6 Å². The van der Waals surface area contributed by atoms with E-state index in [4.69, 9.17) is 21.5 Å². The lowest BCUT2D eigenvalue weighted by Crippen LogP contribution is -2.28. The summed E-state index contributed by atoms with van der Waals surface area (Å²) in [5.41, 5.74) is 0.521. The van der Waals surface area contributed by atoms with Gasteiger partial charge in [-0.3, -0.25) is 4.79 Å². The number of amides is 1. The number of primary sulfonamides is 1. The van der Waals surface area contributed by atoms with Gasteiger partial charge in [0, 0.05) is 37.9 Å². The minimum atomic E-state index is -3.93. The highest BCUT2D eigenvalue weighted by Gasteiger charge is 2.20. The van der Waals surface area contributed by atoms with Crippen molar-refractivity contribution in [1.82, 2.24) is 4.90 Å². The van der Waals surface area contributed by atoms with E-state index in [0.29, 0.717) is 25.1 Å². The third-order valence-electron chi connectivity index (χ3n) is 3.04. The van der Waals surface area contributed by atoms with Crippen molar-refractivity contribution in [2.75, 3.05) is 27.3 Å². The lowest BCUT2D eigenvalue weighted by molar-refractivity contribution is 0.0779. The van der Waals surface area contributed by atoms with Crippen LogP contribution in [0.1, 0.15) is 22.3 Å². The van der Waals surface area contributed by atoms with Crippen LogP contribution in [-0.2, 0) is 14.8 Å². The SMILES string of the molecule is COCCCN(C)C(=O)c1cc(Cl)c(C)c(S(N)(=O)=O)c1. The Morgan fingerprint density at radius 3 is 2.57 bits per heavy atom. The van der Waals surface area contributed by atoms with Gasteiger partial charge in [0.1, 0.15) is 0 Å². The highest BCUT2D eigenvalue weighted by molar-refractivity contribution is 7.89. The number of benzene rings is 1. The van der Waals surface area contributed by atoms with E-state index < -0.39 is 10.0 Å². The normalized spacial score (nSPS) is 11.5. The average Bonchev–Trinajstić information content (AvgIpc) is 2.39. The molecule has 0 saturated carbocycles. The van der Waals surface area contributed by atoms with Crippen molar-refractivity contribution in [3.63, 3.8) is 0 Å². The minimum Gasteiger partial charge on any atom is -0.385 e. The summed E-state index contributed by atoms with van der Waals surface area (Å²) < 4.78 is 28.0. The molecule has 0 saturated heterocycles. The van der Waals surface area contributed by atoms with Crippen LogP contribution in [0.2, 0.25) is 5.02 Å². The molecular formula is C13H19ClN2O4S. The standard InChI is InChI=1S/C13H19ClN2O4S/c1-9-11(14)7-10(8-12(9)21(15,18)19)13(17)16(2)5-4-6-20-3/h7-8H,4-6H2,1-3H3,(H2,15,18,19). The van der Waals surface area contributed by atoms with Crippen LogP contribution >= 0.6 is 11.6 Å². The summed E-state index contributed by atoms with van der Waals surface area (Å²) >= 11 is 5.99. The van der Waals surface area contributed by atoms with Crippen molar-refractivity contribution in [2.24, 2.45) is 5.14 Å².